The van der Waals surface area contributed by atoms with Crippen LogP contribution >= 0.6 is 0 Å². The number of ether oxygens (including phenoxy) is 2. The van der Waals surface area contributed by atoms with Gasteiger partial charge in [0.15, 0.2) is 23.8 Å². The number of hydrogen-bond donors (Lipinski definition) is 2. The van der Waals surface area contributed by atoms with Gasteiger partial charge >= 0.3 is 0 Å². The number of aliphatic hydroxyl groups is 2. The molecule has 0 aromatic heterocycles. The maximum atomic E-state index is 12.8. The SMILES string of the molecule is O=C1C=C(/C=C/c2ccccc2)OC2C1(O)C1OC(/C=C/c3ccccc3)=CC(=O)C21O. The molecule has 0 atom stereocenters. The van der Waals surface area contributed by atoms with Gasteiger partial charge in [0.2, 0.25) is 11.2 Å². The van der Waals surface area contributed by atoms with Crippen LogP contribution in [0.25, 0.3) is 12.2 Å². The topological polar surface area (TPSA) is 93.1 Å². The van der Waals surface area contributed by atoms with E-state index < -0.39 is 35.0 Å². The Morgan fingerprint density at radius 1 is 0.625 bits per heavy atom. The maximum Gasteiger partial charge on any atom is 0.208 e. The Labute approximate surface area is 184 Å². The van der Waals surface area contributed by atoms with Crippen LogP contribution in [0, 0.1) is 0 Å². The van der Waals surface area contributed by atoms with Crippen molar-refractivity contribution in [3.05, 3.63) is 108 Å². The van der Waals surface area contributed by atoms with Gasteiger partial charge in [-0.1, -0.05) is 72.8 Å². The fourth-order valence-electron chi connectivity index (χ4n) is 4.22. The molecule has 3 aliphatic rings. The summed E-state index contributed by atoms with van der Waals surface area (Å²) in [7, 11) is 0. The van der Waals surface area contributed by atoms with Crippen LogP contribution in [-0.4, -0.2) is 45.2 Å². The smallest absolute Gasteiger partial charge is 0.208 e. The average Bonchev–Trinajstić information content (AvgIpc) is 2.81. The van der Waals surface area contributed by atoms with Crippen LogP contribution in [0.1, 0.15) is 11.1 Å². The van der Waals surface area contributed by atoms with E-state index in [-0.39, 0.29) is 11.5 Å². The first kappa shape index (κ1) is 20.2. The van der Waals surface area contributed by atoms with Crippen molar-refractivity contribution in [2.75, 3.05) is 0 Å². The predicted molar refractivity (Wildman–Crippen MR) is 117 cm³/mol. The standard InChI is InChI=1S/C26H20O6/c27-21-15-19(13-11-17-7-3-1-4-8-17)31-23-25(21,29)24-26(23,30)22(28)16-20(32-24)14-12-18-9-5-2-6-10-18/h1-16,23-24,29-30H/b13-11+,14-12+. The monoisotopic (exact) mass is 428 g/mol. The van der Waals surface area contributed by atoms with Crippen LogP contribution in [0.2, 0.25) is 0 Å². The van der Waals surface area contributed by atoms with Gasteiger partial charge in [-0.15, -0.1) is 0 Å². The molecular formula is C26H20O6. The lowest BCUT2D eigenvalue weighted by Crippen LogP contribution is -2.88. The van der Waals surface area contributed by atoms with Crippen LogP contribution < -0.4 is 0 Å². The molecule has 0 saturated heterocycles. The highest BCUT2D eigenvalue weighted by Gasteiger charge is 2.81. The van der Waals surface area contributed by atoms with Gasteiger partial charge in [0, 0.05) is 12.2 Å². The molecule has 6 nitrogen and oxygen atoms in total. The Kier molecular flexibility index (Phi) is 4.69. The second kappa shape index (κ2) is 7.44. The number of hydrogen-bond acceptors (Lipinski definition) is 6. The van der Waals surface area contributed by atoms with Gasteiger partial charge in [0.05, 0.1) is 0 Å². The average molecular weight is 428 g/mol. The largest absolute Gasteiger partial charge is 0.483 e. The minimum atomic E-state index is -2.16. The molecule has 6 heteroatoms. The number of allylic oxidation sites excluding steroid dienone is 2. The Morgan fingerprint density at radius 2 is 1.00 bits per heavy atom. The summed E-state index contributed by atoms with van der Waals surface area (Å²) < 4.78 is 11.4. The molecule has 2 aromatic carbocycles. The first-order valence-electron chi connectivity index (χ1n) is 10.2. The van der Waals surface area contributed by atoms with Crippen molar-refractivity contribution in [3.63, 3.8) is 0 Å². The molecule has 5 rings (SSSR count). The molecule has 2 aliphatic heterocycles. The molecule has 1 aliphatic carbocycles. The minimum Gasteiger partial charge on any atom is -0.483 e. The van der Waals surface area contributed by atoms with E-state index in [1.54, 1.807) is 24.3 Å². The van der Waals surface area contributed by atoms with E-state index in [2.05, 4.69) is 0 Å². The molecule has 2 aromatic rings. The summed E-state index contributed by atoms with van der Waals surface area (Å²) in [5.74, 6) is -1.08. The normalized spacial score (nSPS) is 31.2. The fourth-order valence-corrected chi connectivity index (χ4v) is 4.22. The lowest BCUT2D eigenvalue weighted by molar-refractivity contribution is -0.317. The first-order chi connectivity index (χ1) is 15.4. The fraction of sp³-hybridized carbons (Fsp3) is 0.154. The molecule has 0 radical (unpaired) electrons. The molecule has 0 amide bonds. The van der Waals surface area contributed by atoms with Gasteiger partial charge in [0.1, 0.15) is 11.5 Å². The molecule has 0 bridgehead atoms. The van der Waals surface area contributed by atoms with Gasteiger partial charge in [0.25, 0.3) is 0 Å². The Morgan fingerprint density at radius 3 is 1.38 bits per heavy atom. The summed E-state index contributed by atoms with van der Waals surface area (Å²) >= 11 is 0. The Balaban J connectivity index is 1.40. The Bertz CT molecular complexity index is 1090. The third-order valence-corrected chi connectivity index (χ3v) is 5.92. The van der Waals surface area contributed by atoms with Crippen LogP contribution in [0.5, 0.6) is 0 Å². The molecule has 32 heavy (non-hydrogen) atoms. The van der Waals surface area contributed by atoms with Gasteiger partial charge < -0.3 is 19.7 Å². The zero-order valence-electron chi connectivity index (χ0n) is 16.9. The lowest BCUT2D eigenvalue weighted by Gasteiger charge is -2.60. The van der Waals surface area contributed by atoms with Crippen LogP contribution in [0.15, 0.2) is 96.5 Å². The highest BCUT2D eigenvalue weighted by Crippen LogP contribution is 2.53. The van der Waals surface area contributed by atoms with Gasteiger partial charge in [-0.05, 0) is 23.3 Å². The third kappa shape index (κ3) is 3.04. The highest BCUT2D eigenvalue weighted by molar-refractivity contribution is 6.09. The number of benzene rings is 2. The summed E-state index contributed by atoms with van der Waals surface area (Å²) in [6, 6.07) is 18.7. The molecule has 0 spiro atoms. The molecule has 0 unspecified atom stereocenters. The van der Waals surface area contributed by atoms with Gasteiger partial charge in [-0.3, -0.25) is 9.59 Å². The molecule has 2 N–H and O–H groups in total. The Hall–Kier alpha value is -3.74. The van der Waals surface area contributed by atoms with Crippen molar-refractivity contribution in [3.8, 4) is 0 Å². The number of rotatable bonds is 4. The van der Waals surface area contributed by atoms with E-state index in [1.807, 2.05) is 60.7 Å². The van der Waals surface area contributed by atoms with Crippen molar-refractivity contribution in [2.24, 2.45) is 0 Å². The van der Waals surface area contributed by atoms with Gasteiger partial charge in [-0.2, -0.15) is 0 Å². The van der Waals surface area contributed by atoms with E-state index in [4.69, 9.17) is 9.47 Å². The van der Waals surface area contributed by atoms with Crippen LogP contribution in [-0.2, 0) is 19.1 Å². The molecular weight excluding hydrogens is 408 g/mol. The highest BCUT2D eigenvalue weighted by atomic mass is 16.6. The van der Waals surface area contributed by atoms with Crippen LogP contribution in [0.3, 0.4) is 0 Å². The maximum absolute atomic E-state index is 12.8. The van der Waals surface area contributed by atoms with Gasteiger partial charge in [-0.25, -0.2) is 0 Å². The van der Waals surface area contributed by atoms with E-state index in [0.29, 0.717) is 0 Å². The zero-order chi connectivity index (χ0) is 22.3. The molecule has 1 saturated carbocycles. The second-order valence-corrected chi connectivity index (χ2v) is 7.96. The molecule has 2 heterocycles. The van der Waals surface area contributed by atoms with Crippen molar-refractivity contribution >= 4 is 23.7 Å². The summed E-state index contributed by atoms with van der Waals surface area (Å²) in [4.78, 5) is 25.6. The number of fused-ring (bicyclic) bond motifs is 4. The predicted octanol–water partition coefficient (Wildman–Crippen LogP) is 2.59. The van der Waals surface area contributed by atoms with E-state index in [0.717, 1.165) is 23.3 Å². The molecule has 1 fully saturated rings. The summed E-state index contributed by atoms with van der Waals surface area (Å²) in [5.41, 5.74) is -2.56. The second-order valence-electron chi connectivity index (χ2n) is 7.96. The zero-order valence-corrected chi connectivity index (χ0v) is 16.9. The van der Waals surface area contributed by atoms with Crippen molar-refractivity contribution in [1.82, 2.24) is 0 Å². The van der Waals surface area contributed by atoms with E-state index >= 15 is 0 Å². The number of ketones is 2. The number of carbonyl (C=O) groups is 2. The summed E-state index contributed by atoms with van der Waals surface area (Å²) in [5, 5.41) is 22.1. The summed E-state index contributed by atoms with van der Waals surface area (Å²) in [6.45, 7) is 0. The first-order valence-corrected chi connectivity index (χ1v) is 10.2. The lowest BCUT2D eigenvalue weighted by atomic mass is 9.56. The third-order valence-electron chi connectivity index (χ3n) is 5.92. The van der Waals surface area contributed by atoms with Crippen LogP contribution in [0.4, 0.5) is 0 Å². The van der Waals surface area contributed by atoms with Crippen molar-refractivity contribution in [2.45, 2.75) is 23.4 Å². The summed E-state index contributed by atoms with van der Waals surface area (Å²) in [6.07, 6.45) is 5.96. The van der Waals surface area contributed by atoms with Crippen molar-refractivity contribution < 1.29 is 29.3 Å². The van der Waals surface area contributed by atoms with Crippen molar-refractivity contribution in [1.29, 1.82) is 0 Å². The quantitative estimate of drug-likeness (QED) is 0.778. The molecule has 160 valence electrons. The van der Waals surface area contributed by atoms with E-state index in [9.17, 15) is 19.8 Å². The number of carbonyl (C=O) groups excluding carboxylic acids is 2. The van der Waals surface area contributed by atoms with E-state index in [1.165, 1.54) is 0 Å². The minimum absolute atomic E-state index is 0.145.